The maximum Gasteiger partial charge on any atom is 0.426 e. The Morgan fingerprint density at radius 3 is 2.90 bits per heavy atom. The van der Waals surface area contributed by atoms with Crippen molar-refractivity contribution in [1.82, 2.24) is 10.4 Å². The summed E-state index contributed by atoms with van der Waals surface area (Å²) in [6.07, 6.45) is -0.497. The average molecular weight is 291 g/mol. The third-order valence-electron chi connectivity index (χ3n) is 3.48. The van der Waals surface area contributed by atoms with Crippen LogP contribution in [-0.2, 0) is 4.74 Å². The lowest BCUT2D eigenvalue weighted by Gasteiger charge is -2.34. The third-order valence-corrected chi connectivity index (χ3v) is 3.48. The van der Waals surface area contributed by atoms with E-state index >= 15 is 0 Å². The van der Waals surface area contributed by atoms with Crippen molar-refractivity contribution in [2.45, 2.75) is 26.8 Å². The molecule has 0 saturated carbocycles. The number of rotatable bonds is 2. The minimum Gasteiger partial charge on any atom is -0.454 e. The van der Waals surface area contributed by atoms with Crippen LogP contribution in [0.5, 0.6) is 11.5 Å². The van der Waals surface area contributed by atoms with E-state index in [2.05, 4.69) is 10.4 Å². The highest BCUT2D eigenvalue weighted by Crippen LogP contribution is 2.43. The summed E-state index contributed by atoms with van der Waals surface area (Å²) in [5.41, 5.74) is 4.48. The first-order chi connectivity index (χ1) is 10.1. The molecule has 1 aromatic rings. The summed E-state index contributed by atoms with van der Waals surface area (Å²) in [7, 11) is 0. The number of amides is 1. The molecule has 0 aromatic heterocycles. The van der Waals surface area contributed by atoms with Crippen LogP contribution in [0, 0.1) is 0 Å². The van der Waals surface area contributed by atoms with Crippen molar-refractivity contribution >= 4 is 17.6 Å². The molecule has 0 aliphatic carbocycles. The topological polar surface area (TPSA) is 72.4 Å². The molecule has 2 heterocycles. The van der Waals surface area contributed by atoms with Crippen LogP contribution < -0.4 is 14.9 Å². The first-order valence-corrected chi connectivity index (χ1v) is 6.81. The molecule has 0 spiro atoms. The van der Waals surface area contributed by atoms with Crippen molar-refractivity contribution in [3.05, 3.63) is 17.7 Å². The zero-order valence-corrected chi connectivity index (χ0v) is 12.2. The van der Waals surface area contributed by atoms with E-state index in [4.69, 9.17) is 14.2 Å². The van der Waals surface area contributed by atoms with Gasteiger partial charge in [-0.15, -0.1) is 0 Å². The molecule has 2 aliphatic heterocycles. The second-order valence-corrected chi connectivity index (χ2v) is 4.80. The van der Waals surface area contributed by atoms with Gasteiger partial charge >= 0.3 is 6.09 Å². The fraction of sp³-hybridized carbons (Fsp3) is 0.429. The summed E-state index contributed by atoms with van der Waals surface area (Å²) >= 11 is 0. The Labute approximate surface area is 122 Å². The molecule has 112 valence electrons. The fourth-order valence-electron chi connectivity index (χ4n) is 2.47. The number of ether oxygens (including phenoxy) is 3. The second kappa shape index (κ2) is 5.16. The maximum absolute atomic E-state index is 11.6. The van der Waals surface area contributed by atoms with Gasteiger partial charge in [-0.25, -0.2) is 15.2 Å². The number of carbonyl (C=O) groups is 1. The van der Waals surface area contributed by atoms with Crippen LogP contribution in [0.15, 0.2) is 17.1 Å². The number of aliphatic imine (C=N–C) groups is 1. The molecule has 21 heavy (non-hydrogen) atoms. The second-order valence-electron chi connectivity index (χ2n) is 4.80. The number of hydrogen-bond acceptors (Lipinski definition) is 6. The Morgan fingerprint density at radius 1 is 1.48 bits per heavy atom. The summed E-state index contributed by atoms with van der Waals surface area (Å²) in [6.45, 7) is 6.11. The Hall–Kier alpha value is -2.44. The minimum absolute atomic E-state index is 0.0867. The molecule has 1 amide bonds. The third kappa shape index (κ3) is 2.35. The fourth-order valence-corrected chi connectivity index (χ4v) is 2.47. The van der Waals surface area contributed by atoms with Crippen molar-refractivity contribution < 1.29 is 19.0 Å². The summed E-state index contributed by atoms with van der Waals surface area (Å²) in [5, 5.41) is 1.68. The molecule has 7 heteroatoms. The average Bonchev–Trinajstić information content (AvgIpc) is 2.89. The molecule has 1 atom stereocenters. The van der Waals surface area contributed by atoms with E-state index < -0.39 is 6.09 Å². The lowest BCUT2D eigenvalue weighted by atomic mass is 10.0. The Bertz CT molecular complexity index is 614. The van der Waals surface area contributed by atoms with Gasteiger partial charge in [-0.05, 0) is 26.8 Å². The lowest BCUT2D eigenvalue weighted by Crippen LogP contribution is -2.47. The van der Waals surface area contributed by atoms with Crippen LogP contribution in [-0.4, -0.2) is 30.3 Å². The number of nitrogens with one attached hydrogen (secondary N) is 1. The Balaban J connectivity index is 1.91. The normalized spacial score (nSPS) is 18.9. The highest BCUT2D eigenvalue weighted by atomic mass is 16.7. The number of amidine groups is 1. The smallest absolute Gasteiger partial charge is 0.426 e. The van der Waals surface area contributed by atoms with Crippen LogP contribution in [0.3, 0.4) is 0 Å². The Kier molecular flexibility index (Phi) is 3.32. The summed E-state index contributed by atoms with van der Waals surface area (Å²) in [5.74, 6) is 2.08. The van der Waals surface area contributed by atoms with E-state index in [1.165, 1.54) is 0 Å². The van der Waals surface area contributed by atoms with Crippen LogP contribution in [0.4, 0.5) is 10.5 Å². The molecule has 0 fully saturated rings. The van der Waals surface area contributed by atoms with Crippen LogP contribution in [0.25, 0.3) is 0 Å². The van der Waals surface area contributed by atoms with Crippen LogP contribution in [0.1, 0.15) is 32.4 Å². The van der Waals surface area contributed by atoms with Crippen LogP contribution >= 0.6 is 0 Å². The van der Waals surface area contributed by atoms with Crippen molar-refractivity contribution in [2.24, 2.45) is 4.99 Å². The molecule has 7 nitrogen and oxygen atoms in total. The highest BCUT2D eigenvalue weighted by Gasteiger charge is 2.29. The molecule has 1 unspecified atom stereocenters. The SMILES string of the molecule is CCOC(=O)NN1C(C)=Nc2cc3c(cc2C1C)OCO3. The van der Waals surface area contributed by atoms with Crippen molar-refractivity contribution in [3.63, 3.8) is 0 Å². The van der Waals surface area contributed by atoms with E-state index in [-0.39, 0.29) is 12.8 Å². The van der Waals surface area contributed by atoms with Gasteiger partial charge in [0.1, 0.15) is 5.84 Å². The lowest BCUT2D eigenvalue weighted by molar-refractivity contribution is 0.121. The van der Waals surface area contributed by atoms with Gasteiger partial charge in [-0.1, -0.05) is 0 Å². The number of hydrazine groups is 1. The predicted molar refractivity (Wildman–Crippen MR) is 75.7 cm³/mol. The number of fused-ring (bicyclic) bond motifs is 2. The number of nitrogens with zero attached hydrogens (tertiary/aromatic N) is 2. The van der Waals surface area contributed by atoms with Crippen LogP contribution in [0.2, 0.25) is 0 Å². The largest absolute Gasteiger partial charge is 0.454 e. The van der Waals surface area contributed by atoms with E-state index in [1.807, 2.05) is 26.0 Å². The zero-order valence-electron chi connectivity index (χ0n) is 12.2. The molecular weight excluding hydrogens is 274 g/mol. The quantitative estimate of drug-likeness (QED) is 0.906. The summed E-state index contributed by atoms with van der Waals surface area (Å²) in [4.78, 5) is 16.1. The summed E-state index contributed by atoms with van der Waals surface area (Å²) in [6, 6.07) is 3.67. The summed E-state index contributed by atoms with van der Waals surface area (Å²) < 4.78 is 15.7. The van der Waals surface area contributed by atoms with Gasteiger partial charge in [0.2, 0.25) is 6.79 Å². The van der Waals surface area contributed by atoms with Crippen molar-refractivity contribution in [1.29, 1.82) is 0 Å². The molecular formula is C14H17N3O4. The monoisotopic (exact) mass is 291 g/mol. The Morgan fingerprint density at radius 2 is 2.19 bits per heavy atom. The first kappa shape index (κ1) is 13.5. The number of carbonyl (C=O) groups excluding carboxylic acids is 1. The minimum atomic E-state index is -0.497. The highest BCUT2D eigenvalue weighted by molar-refractivity contribution is 5.87. The van der Waals surface area contributed by atoms with E-state index in [9.17, 15) is 4.79 Å². The van der Waals surface area contributed by atoms with Gasteiger partial charge in [-0.3, -0.25) is 5.01 Å². The van der Waals surface area contributed by atoms with E-state index in [0.717, 1.165) is 11.3 Å². The van der Waals surface area contributed by atoms with E-state index in [1.54, 1.807) is 11.9 Å². The van der Waals surface area contributed by atoms with Gasteiger partial charge in [-0.2, -0.15) is 0 Å². The van der Waals surface area contributed by atoms with Gasteiger partial charge in [0.25, 0.3) is 0 Å². The van der Waals surface area contributed by atoms with Crippen molar-refractivity contribution in [2.75, 3.05) is 13.4 Å². The maximum atomic E-state index is 11.6. The molecule has 0 saturated heterocycles. The van der Waals surface area contributed by atoms with Gasteiger partial charge in [0, 0.05) is 11.6 Å². The zero-order chi connectivity index (χ0) is 15.0. The molecule has 1 N–H and O–H groups in total. The number of hydrogen-bond donors (Lipinski definition) is 1. The first-order valence-electron chi connectivity index (χ1n) is 6.81. The molecule has 1 aromatic carbocycles. The predicted octanol–water partition coefficient (Wildman–Crippen LogP) is 2.50. The van der Waals surface area contributed by atoms with Gasteiger partial charge < -0.3 is 14.2 Å². The molecule has 2 aliphatic rings. The van der Waals surface area contributed by atoms with Gasteiger partial charge in [0.15, 0.2) is 11.5 Å². The molecule has 0 bridgehead atoms. The molecule has 0 radical (unpaired) electrons. The molecule has 3 rings (SSSR count). The number of benzene rings is 1. The standard InChI is InChI=1S/C14H17N3O4/c1-4-19-14(18)16-17-8(2)10-5-12-13(21-7-20-12)6-11(10)15-9(17)3/h5-6,8H,4,7H2,1-3H3,(H,16,18). The van der Waals surface area contributed by atoms with Gasteiger partial charge in [0.05, 0.1) is 18.3 Å². The van der Waals surface area contributed by atoms with Crippen molar-refractivity contribution in [3.8, 4) is 11.5 Å². The van der Waals surface area contributed by atoms with E-state index in [0.29, 0.717) is 23.9 Å².